The summed E-state index contributed by atoms with van der Waals surface area (Å²) in [6.45, 7) is 6.80. The van der Waals surface area contributed by atoms with Crippen molar-refractivity contribution in [2.24, 2.45) is 0 Å². The summed E-state index contributed by atoms with van der Waals surface area (Å²) in [5.41, 5.74) is 1.08. The van der Waals surface area contributed by atoms with Crippen molar-refractivity contribution >= 4 is 0 Å². The van der Waals surface area contributed by atoms with Gasteiger partial charge in [0.1, 0.15) is 12.4 Å². The summed E-state index contributed by atoms with van der Waals surface area (Å²) < 4.78 is 7.08. The quantitative estimate of drug-likeness (QED) is 0.845. The van der Waals surface area contributed by atoms with E-state index in [2.05, 4.69) is 35.8 Å². The van der Waals surface area contributed by atoms with E-state index < -0.39 is 0 Å². The van der Waals surface area contributed by atoms with Crippen LogP contribution in [0, 0.1) is 0 Å². The number of methoxy groups -OCH3 is 1. The number of pyridine rings is 1. The zero-order valence-corrected chi connectivity index (χ0v) is 11.9. The van der Waals surface area contributed by atoms with Crippen molar-refractivity contribution in [1.29, 1.82) is 0 Å². The zero-order valence-electron chi connectivity index (χ0n) is 11.9. The molecule has 0 aliphatic rings. The van der Waals surface area contributed by atoms with Crippen LogP contribution in [0.25, 0.3) is 0 Å². The van der Waals surface area contributed by atoms with Gasteiger partial charge in [0.05, 0.1) is 5.54 Å². The second kappa shape index (κ2) is 5.48. The van der Waals surface area contributed by atoms with E-state index in [0.717, 1.165) is 18.1 Å². The zero-order chi connectivity index (χ0) is 13.9. The van der Waals surface area contributed by atoms with E-state index in [-0.39, 0.29) is 5.54 Å². The monoisotopic (exact) mass is 260 g/mol. The van der Waals surface area contributed by atoms with Gasteiger partial charge in [-0.05, 0) is 38.5 Å². The van der Waals surface area contributed by atoms with Gasteiger partial charge in [0, 0.05) is 25.9 Å². The molecule has 0 N–H and O–H groups in total. The van der Waals surface area contributed by atoms with Crippen LogP contribution in [0.15, 0.2) is 24.5 Å². The summed E-state index contributed by atoms with van der Waals surface area (Å²) in [5.74, 6) is 1.67. The Balaban J connectivity index is 2.32. The topological polar surface area (TPSA) is 52.8 Å². The van der Waals surface area contributed by atoms with Gasteiger partial charge in [-0.15, -0.1) is 0 Å². The molecule has 0 aliphatic heterocycles. The van der Waals surface area contributed by atoms with Gasteiger partial charge in [-0.3, -0.25) is 4.98 Å². The van der Waals surface area contributed by atoms with E-state index >= 15 is 0 Å². The van der Waals surface area contributed by atoms with Crippen LogP contribution in [0.3, 0.4) is 0 Å². The minimum Gasteiger partial charge on any atom is -0.377 e. The molecule has 2 aromatic rings. The van der Waals surface area contributed by atoms with Crippen LogP contribution in [-0.2, 0) is 23.3 Å². The van der Waals surface area contributed by atoms with Crippen molar-refractivity contribution in [3.05, 3.63) is 41.7 Å². The number of hydrogen-bond donors (Lipinski definition) is 0. The van der Waals surface area contributed by atoms with Gasteiger partial charge < -0.3 is 4.74 Å². The molecule has 0 amide bonds. The predicted molar refractivity (Wildman–Crippen MR) is 72.8 cm³/mol. The molecular formula is C14H20N4O. The summed E-state index contributed by atoms with van der Waals surface area (Å²) in [6.07, 6.45) is 4.34. The fourth-order valence-corrected chi connectivity index (χ4v) is 1.92. The highest BCUT2D eigenvalue weighted by molar-refractivity contribution is 5.16. The Morgan fingerprint density at radius 2 is 1.89 bits per heavy atom. The number of ether oxygens (including phenoxy) is 1. The molecule has 5 heteroatoms. The third-order valence-electron chi connectivity index (χ3n) is 2.74. The average molecular weight is 260 g/mol. The van der Waals surface area contributed by atoms with Crippen LogP contribution in [-0.4, -0.2) is 26.9 Å². The Hall–Kier alpha value is -1.75. The molecule has 0 bridgehead atoms. The third kappa shape index (κ3) is 3.38. The van der Waals surface area contributed by atoms with Crippen LogP contribution in [0.4, 0.5) is 0 Å². The van der Waals surface area contributed by atoms with Gasteiger partial charge in [-0.25, -0.2) is 9.67 Å². The van der Waals surface area contributed by atoms with Crippen molar-refractivity contribution in [1.82, 2.24) is 19.7 Å². The standard InChI is InChI=1S/C14H20N4O/c1-14(2,3)18-13(16-12(17-18)10-19-4)9-11-5-7-15-8-6-11/h5-8H,9-10H2,1-4H3. The summed E-state index contributed by atoms with van der Waals surface area (Å²) in [4.78, 5) is 8.60. The van der Waals surface area contributed by atoms with E-state index in [1.165, 1.54) is 5.56 Å². The maximum atomic E-state index is 5.11. The SMILES string of the molecule is COCc1nc(Cc2ccncc2)n(C(C)(C)C)n1. The van der Waals surface area contributed by atoms with Crippen molar-refractivity contribution in [2.45, 2.75) is 39.3 Å². The van der Waals surface area contributed by atoms with Gasteiger partial charge in [-0.1, -0.05) is 0 Å². The lowest BCUT2D eigenvalue weighted by molar-refractivity contribution is 0.176. The van der Waals surface area contributed by atoms with E-state index in [1.54, 1.807) is 19.5 Å². The summed E-state index contributed by atoms with van der Waals surface area (Å²) in [5, 5.41) is 4.53. The lowest BCUT2D eigenvalue weighted by Gasteiger charge is -2.21. The van der Waals surface area contributed by atoms with Gasteiger partial charge in [0.25, 0.3) is 0 Å². The lowest BCUT2D eigenvalue weighted by atomic mass is 10.1. The van der Waals surface area contributed by atoms with Crippen molar-refractivity contribution < 1.29 is 4.74 Å². The van der Waals surface area contributed by atoms with E-state index in [9.17, 15) is 0 Å². The fourth-order valence-electron chi connectivity index (χ4n) is 1.92. The summed E-state index contributed by atoms with van der Waals surface area (Å²) >= 11 is 0. The van der Waals surface area contributed by atoms with E-state index in [1.807, 2.05) is 16.8 Å². The molecular weight excluding hydrogens is 240 g/mol. The molecule has 0 saturated heterocycles. The van der Waals surface area contributed by atoms with Crippen LogP contribution in [0.5, 0.6) is 0 Å². The molecule has 0 fully saturated rings. The highest BCUT2D eigenvalue weighted by Crippen LogP contribution is 2.17. The molecule has 5 nitrogen and oxygen atoms in total. The Morgan fingerprint density at radius 3 is 2.47 bits per heavy atom. The maximum absolute atomic E-state index is 5.11. The largest absolute Gasteiger partial charge is 0.377 e. The van der Waals surface area contributed by atoms with Gasteiger partial charge >= 0.3 is 0 Å². The fraction of sp³-hybridized carbons (Fsp3) is 0.500. The molecule has 0 spiro atoms. The third-order valence-corrected chi connectivity index (χ3v) is 2.74. The van der Waals surface area contributed by atoms with Crippen LogP contribution >= 0.6 is 0 Å². The number of nitrogens with zero attached hydrogens (tertiary/aromatic N) is 4. The molecule has 2 heterocycles. The van der Waals surface area contributed by atoms with Gasteiger partial charge in [-0.2, -0.15) is 5.10 Å². The first kappa shape index (κ1) is 13.7. The van der Waals surface area contributed by atoms with Crippen molar-refractivity contribution in [2.75, 3.05) is 7.11 Å². The molecule has 0 unspecified atom stereocenters. The minimum atomic E-state index is -0.0959. The molecule has 2 aromatic heterocycles. The number of aromatic nitrogens is 4. The Labute approximate surface area is 113 Å². The number of rotatable bonds is 4. The first-order valence-corrected chi connectivity index (χ1v) is 6.34. The Morgan fingerprint density at radius 1 is 1.21 bits per heavy atom. The maximum Gasteiger partial charge on any atom is 0.176 e. The Bertz CT molecular complexity index is 528. The van der Waals surface area contributed by atoms with Gasteiger partial charge in [0.2, 0.25) is 0 Å². The van der Waals surface area contributed by atoms with E-state index in [4.69, 9.17) is 4.74 Å². The Kier molecular flexibility index (Phi) is 3.95. The average Bonchev–Trinajstić information content (AvgIpc) is 2.74. The molecule has 0 aliphatic carbocycles. The molecule has 0 atom stereocenters. The normalized spacial score (nSPS) is 11.8. The van der Waals surface area contributed by atoms with Crippen LogP contribution in [0.2, 0.25) is 0 Å². The molecule has 0 aromatic carbocycles. The van der Waals surface area contributed by atoms with Crippen LogP contribution in [0.1, 0.15) is 38.0 Å². The predicted octanol–water partition coefficient (Wildman–Crippen LogP) is 2.17. The van der Waals surface area contributed by atoms with Crippen molar-refractivity contribution in [3.63, 3.8) is 0 Å². The molecule has 0 radical (unpaired) electrons. The highest BCUT2D eigenvalue weighted by Gasteiger charge is 2.21. The molecule has 19 heavy (non-hydrogen) atoms. The second-order valence-corrected chi connectivity index (χ2v) is 5.49. The summed E-state index contributed by atoms with van der Waals surface area (Å²) in [6, 6.07) is 4.00. The smallest absolute Gasteiger partial charge is 0.176 e. The van der Waals surface area contributed by atoms with Crippen molar-refractivity contribution in [3.8, 4) is 0 Å². The minimum absolute atomic E-state index is 0.0959. The van der Waals surface area contributed by atoms with E-state index in [0.29, 0.717) is 6.61 Å². The summed E-state index contributed by atoms with van der Waals surface area (Å²) in [7, 11) is 1.65. The van der Waals surface area contributed by atoms with Gasteiger partial charge in [0.15, 0.2) is 5.82 Å². The number of hydrogen-bond acceptors (Lipinski definition) is 4. The molecule has 2 rings (SSSR count). The highest BCUT2D eigenvalue weighted by atomic mass is 16.5. The van der Waals surface area contributed by atoms with Crippen LogP contribution < -0.4 is 0 Å². The second-order valence-electron chi connectivity index (χ2n) is 5.49. The lowest BCUT2D eigenvalue weighted by Crippen LogP contribution is -2.25. The molecule has 0 saturated carbocycles. The first-order valence-electron chi connectivity index (χ1n) is 6.34. The first-order chi connectivity index (χ1) is 9.00. The molecule has 102 valence electrons.